The standard InChI is InChI=1S/C14H17N3O2S/c1-4-14(2,3)9-19-13(18)11-8-20-12(17-11)10-7-15-5-6-16-10/h5-8H,4,9H2,1-3H3. The number of hydrogen-bond acceptors (Lipinski definition) is 6. The lowest BCUT2D eigenvalue weighted by Crippen LogP contribution is -2.21. The molecule has 0 aliphatic heterocycles. The second-order valence-corrected chi connectivity index (χ2v) is 6.08. The van der Waals surface area contributed by atoms with Crippen LogP contribution in [-0.4, -0.2) is 27.5 Å². The molecule has 0 aliphatic carbocycles. The summed E-state index contributed by atoms with van der Waals surface area (Å²) in [5.74, 6) is -0.391. The molecule has 0 radical (unpaired) electrons. The third-order valence-corrected chi connectivity index (χ3v) is 3.91. The molecule has 20 heavy (non-hydrogen) atoms. The minimum Gasteiger partial charge on any atom is -0.460 e. The molecule has 0 fully saturated rings. The van der Waals surface area contributed by atoms with Gasteiger partial charge in [0.2, 0.25) is 0 Å². The van der Waals surface area contributed by atoms with Gasteiger partial charge in [-0.05, 0) is 11.8 Å². The van der Waals surface area contributed by atoms with E-state index >= 15 is 0 Å². The molecule has 2 aromatic rings. The van der Waals surface area contributed by atoms with Crippen molar-refractivity contribution in [3.05, 3.63) is 29.7 Å². The molecule has 0 bridgehead atoms. The summed E-state index contributed by atoms with van der Waals surface area (Å²) in [7, 11) is 0. The van der Waals surface area contributed by atoms with Crippen molar-refractivity contribution in [3.63, 3.8) is 0 Å². The maximum atomic E-state index is 11.9. The van der Waals surface area contributed by atoms with Crippen LogP contribution >= 0.6 is 11.3 Å². The lowest BCUT2D eigenvalue weighted by Gasteiger charge is -2.21. The molecule has 0 N–H and O–H groups in total. The second-order valence-electron chi connectivity index (χ2n) is 5.22. The van der Waals surface area contributed by atoms with Gasteiger partial charge in [0.05, 0.1) is 12.8 Å². The van der Waals surface area contributed by atoms with Crippen LogP contribution in [0, 0.1) is 5.41 Å². The van der Waals surface area contributed by atoms with Crippen molar-refractivity contribution in [2.45, 2.75) is 27.2 Å². The van der Waals surface area contributed by atoms with E-state index in [1.807, 2.05) is 0 Å². The molecule has 106 valence electrons. The Hall–Kier alpha value is -1.82. The van der Waals surface area contributed by atoms with Gasteiger partial charge in [0, 0.05) is 17.8 Å². The number of hydrogen-bond donors (Lipinski definition) is 0. The summed E-state index contributed by atoms with van der Waals surface area (Å²) in [4.78, 5) is 24.3. The summed E-state index contributed by atoms with van der Waals surface area (Å²) < 4.78 is 5.30. The molecule has 0 unspecified atom stereocenters. The Morgan fingerprint density at radius 3 is 2.85 bits per heavy atom. The van der Waals surface area contributed by atoms with Gasteiger partial charge in [-0.25, -0.2) is 9.78 Å². The van der Waals surface area contributed by atoms with Crippen LogP contribution in [0.25, 0.3) is 10.7 Å². The van der Waals surface area contributed by atoms with Crippen molar-refractivity contribution in [2.24, 2.45) is 5.41 Å². The maximum Gasteiger partial charge on any atom is 0.357 e. The van der Waals surface area contributed by atoms with Crippen molar-refractivity contribution in [3.8, 4) is 10.7 Å². The fourth-order valence-corrected chi connectivity index (χ4v) is 2.08. The molecule has 2 heterocycles. The zero-order chi connectivity index (χ0) is 14.6. The number of carbonyl (C=O) groups is 1. The van der Waals surface area contributed by atoms with Gasteiger partial charge in [0.25, 0.3) is 0 Å². The molecule has 0 aliphatic rings. The summed E-state index contributed by atoms with van der Waals surface area (Å²) in [6.07, 6.45) is 5.76. The van der Waals surface area contributed by atoms with Crippen LogP contribution in [0.3, 0.4) is 0 Å². The average Bonchev–Trinajstić information content (AvgIpc) is 2.96. The van der Waals surface area contributed by atoms with Crippen LogP contribution in [0.4, 0.5) is 0 Å². The molecule has 2 rings (SSSR count). The van der Waals surface area contributed by atoms with Gasteiger partial charge in [-0.2, -0.15) is 0 Å². The Kier molecular flexibility index (Phi) is 4.44. The van der Waals surface area contributed by atoms with Crippen LogP contribution in [0.1, 0.15) is 37.7 Å². The predicted octanol–water partition coefficient (Wildman–Crippen LogP) is 3.19. The maximum absolute atomic E-state index is 11.9. The van der Waals surface area contributed by atoms with Crippen LogP contribution in [-0.2, 0) is 4.74 Å². The SMILES string of the molecule is CCC(C)(C)COC(=O)c1csc(-c2cnccn2)n1. The lowest BCUT2D eigenvalue weighted by atomic mass is 9.92. The van der Waals surface area contributed by atoms with E-state index in [0.29, 0.717) is 23.0 Å². The van der Waals surface area contributed by atoms with Gasteiger partial charge >= 0.3 is 5.97 Å². The first-order chi connectivity index (χ1) is 9.52. The minimum absolute atomic E-state index is 0.0145. The molecule has 5 nitrogen and oxygen atoms in total. The van der Waals surface area contributed by atoms with Crippen LogP contribution in [0.5, 0.6) is 0 Å². The molecule has 0 saturated heterocycles. The van der Waals surface area contributed by atoms with Crippen LogP contribution < -0.4 is 0 Å². The predicted molar refractivity (Wildman–Crippen MR) is 77.5 cm³/mol. The zero-order valence-corrected chi connectivity index (χ0v) is 12.6. The third-order valence-electron chi connectivity index (χ3n) is 3.05. The molecule has 0 atom stereocenters. The first-order valence-electron chi connectivity index (χ1n) is 6.41. The molecule has 0 spiro atoms. The summed E-state index contributed by atoms with van der Waals surface area (Å²) in [5, 5.41) is 2.35. The summed E-state index contributed by atoms with van der Waals surface area (Å²) in [6, 6.07) is 0. The fourth-order valence-electron chi connectivity index (χ4n) is 1.33. The molecule has 2 aromatic heterocycles. The van der Waals surface area contributed by atoms with E-state index in [9.17, 15) is 4.79 Å². The Morgan fingerprint density at radius 1 is 1.40 bits per heavy atom. The van der Waals surface area contributed by atoms with E-state index in [4.69, 9.17) is 4.74 Å². The highest BCUT2D eigenvalue weighted by Crippen LogP contribution is 2.23. The highest BCUT2D eigenvalue weighted by molar-refractivity contribution is 7.13. The molecule has 0 aromatic carbocycles. The number of thiazole rings is 1. The molecule has 0 amide bonds. The average molecular weight is 291 g/mol. The number of aromatic nitrogens is 3. The highest BCUT2D eigenvalue weighted by atomic mass is 32.1. The highest BCUT2D eigenvalue weighted by Gasteiger charge is 2.20. The molecular formula is C14H17N3O2S. The Morgan fingerprint density at radius 2 is 2.20 bits per heavy atom. The number of esters is 1. The van der Waals surface area contributed by atoms with Gasteiger partial charge in [-0.3, -0.25) is 9.97 Å². The minimum atomic E-state index is -0.391. The first kappa shape index (κ1) is 14.6. The van der Waals surface area contributed by atoms with Crippen molar-refractivity contribution < 1.29 is 9.53 Å². The van der Waals surface area contributed by atoms with Gasteiger partial charge in [-0.1, -0.05) is 20.8 Å². The Bertz CT molecular complexity index is 581. The van der Waals surface area contributed by atoms with E-state index in [2.05, 4.69) is 35.7 Å². The topological polar surface area (TPSA) is 65.0 Å². The van der Waals surface area contributed by atoms with Gasteiger partial charge in [0.15, 0.2) is 5.69 Å². The smallest absolute Gasteiger partial charge is 0.357 e. The Labute approximate surface area is 122 Å². The van der Waals surface area contributed by atoms with Gasteiger partial charge < -0.3 is 4.74 Å². The summed E-state index contributed by atoms with van der Waals surface area (Å²) >= 11 is 1.36. The first-order valence-corrected chi connectivity index (χ1v) is 7.29. The largest absolute Gasteiger partial charge is 0.460 e. The van der Waals surface area contributed by atoms with Gasteiger partial charge in [0.1, 0.15) is 10.7 Å². The van der Waals surface area contributed by atoms with E-state index < -0.39 is 5.97 Å². The number of rotatable bonds is 5. The number of carbonyl (C=O) groups excluding carboxylic acids is 1. The van der Waals surface area contributed by atoms with E-state index in [0.717, 1.165) is 6.42 Å². The van der Waals surface area contributed by atoms with Gasteiger partial charge in [-0.15, -0.1) is 11.3 Å². The molecular weight excluding hydrogens is 274 g/mol. The van der Waals surface area contributed by atoms with Crippen molar-refractivity contribution in [1.82, 2.24) is 15.0 Å². The monoisotopic (exact) mass is 291 g/mol. The lowest BCUT2D eigenvalue weighted by molar-refractivity contribution is 0.0330. The van der Waals surface area contributed by atoms with Crippen LogP contribution in [0.2, 0.25) is 0 Å². The second kappa shape index (κ2) is 6.09. The fraction of sp³-hybridized carbons (Fsp3) is 0.429. The van der Waals surface area contributed by atoms with Crippen molar-refractivity contribution in [2.75, 3.05) is 6.61 Å². The van der Waals surface area contributed by atoms with E-state index in [1.165, 1.54) is 11.3 Å². The van der Waals surface area contributed by atoms with Crippen molar-refractivity contribution >= 4 is 17.3 Å². The number of ether oxygens (including phenoxy) is 1. The number of nitrogens with zero attached hydrogens (tertiary/aromatic N) is 3. The summed E-state index contributed by atoms with van der Waals surface area (Å²) in [6.45, 7) is 6.59. The third kappa shape index (κ3) is 3.60. The van der Waals surface area contributed by atoms with E-state index in [-0.39, 0.29) is 5.41 Å². The quantitative estimate of drug-likeness (QED) is 0.791. The normalized spacial score (nSPS) is 11.3. The van der Waals surface area contributed by atoms with Crippen LogP contribution in [0.15, 0.2) is 24.0 Å². The Balaban J connectivity index is 2.04. The summed E-state index contributed by atoms with van der Waals surface area (Å²) in [5.41, 5.74) is 0.965. The molecule has 0 saturated carbocycles. The van der Waals surface area contributed by atoms with E-state index in [1.54, 1.807) is 24.0 Å². The van der Waals surface area contributed by atoms with Crippen molar-refractivity contribution in [1.29, 1.82) is 0 Å². The zero-order valence-electron chi connectivity index (χ0n) is 11.8. The molecule has 6 heteroatoms.